The van der Waals surface area contributed by atoms with Crippen molar-refractivity contribution in [3.63, 3.8) is 0 Å². The maximum atomic E-state index is 4.10. The monoisotopic (exact) mass is 228 g/mol. The number of thioether (sulfide) groups is 1. The first-order chi connectivity index (χ1) is 7.33. The molecule has 0 spiro atoms. The van der Waals surface area contributed by atoms with Crippen molar-refractivity contribution in [3.05, 3.63) is 11.9 Å². The molecule has 5 heteroatoms. The molecule has 1 rings (SSSR count). The van der Waals surface area contributed by atoms with Gasteiger partial charge in [-0.1, -0.05) is 19.1 Å². The van der Waals surface area contributed by atoms with Gasteiger partial charge in [-0.2, -0.15) is 11.8 Å². The fraction of sp³-hybridized carbons (Fsp3) is 0.800. The molecule has 0 aliphatic carbocycles. The number of aryl methyl sites for hydroxylation is 1. The zero-order valence-electron chi connectivity index (χ0n) is 9.73. The predicted octanol–water partition coefficient (Wildman–Crippen LogP) is 1.70. The Morgan fingerprint density at radius 3 is 2.93 bits per heavy atom. The molecule has 1 heterocycles. The Morgan fingerprint density at radius 1 is 1.53 bits per heavy atom. The van der Waals surface area contributed by atoms with Gasteiger partial charge >= 0.3 is 0 Å². The van der Waals surface area contributed by atoms with Crippen molar-refractivity contribution in [3.8, 4) is 0 Å². The summed E-state index contributed by atoms with van der Waals surface area (Å²) in [7, 11) is 1.99. The summed E-state index contributed by atoms with van der Waals surface area (Å²) in [5.74, 6) is 2.22. The molecule has 0 aliphatic heterocycles. The summed E-state index contributed by atoms with van der Waals surface area (Å²) in [6.07, 6.45) is 2.96. The zero-order valence-corrected chi connectivity index (χ0v) is 10.5. The third-order valence-electron chi connectivity index (χ3n) is 2.28. The van der Waals surface area contributed by atoms with Crippen molar-refractivity contribution in [1.82, 2.24) is 20.3 Å². The van der Waals surface area contributed by atoms with E-state index in [2.05, 4.69) is 29.5 Å². The highest BCUT2D eigenvalue weighted by molar-refractivity contribution is 7.99. The molecular weight excluding hydrogens is 208 g/mol. The standard InChI is InChI=1S/C10H20N4S/c1-4-6-14-10(7-12-13-14)9(11-3)8-15-5-2/h7,9,11H,4-6,8H2,1-3H3. The molecule has 1 N–H and O–H groups in total. The van der Waals surface area contributed by atoms with Gasteiger partial charge in [-0.15, -0.1) is 5.10 Å². The van der Waals surface area contributed by atoms with E-state index in [9.17, 15) is 0 Å². The first kappa shape index (κ1) is 12.5. The maximum absolute atomic E-state index is 4.10. The zero-order chi connectivity index (χ0) is 11.1. The van der Waals surface area contributed by atoms with Crippen molar-refractivity contribution in [2.45, 2.75) is 32.9 Å². The third-order valence-corrected chi connectivity index (χ3v) is 3.25. The van der Waals surface area contributed by atoms with E-state index < -0.39 is 0 Å². The Morgan fingerprint density at radius 2 is 2.33 bits per heavy atom. The Kier molecular flexibility index (Phi) is 5.71. The van der Waals surface area contributed by atoms with Crippen LogP contribution in [0.15, 0.2) is 6.20 Å². The first-order valence-corrected chi connectivity index (χ1v) is 6.62. The first-order valence-electron chi connectivity index (χ1n) is 5.46. The number of rotatable bonds is 7. The highest BCUT2D eigenvalue weighted by atomic mass is 32.2. The average molecular weight is 228 g/mol. The average Bonchev–Trinajstić information content (AvgIpc) is 2.68. The minimum Gasteiger partial charge on any atom is -0.311 e. The molecule has 1 unspecified atom stereocenters. The smallest absolute Gasteiger partial charge is 0.0764 e. The van der Waals surface area contributed by atoms with E-state index in [1.807, 2.05) is 29.7 Å². The van der Waals surface area contributed by atoms with E-state index in [1.54, 1.807) is 0 Å². The summed E-state index contributed by atoms with van der Waals surface area (Å²) in [5, 5.41) is 11.4. The molecular formula is C10H20N4S. The van der Waals surface area contributed by atoms with Crippen LogP contribution in [0.25, 0.3) is 0 Å². The van der Waals surface area contributed by atoms with Crippen LogP contribution in [0.4, 0.5) is 0 Å². The van der Waals surface area contributed by atoms with Crippen LogP contribution in [0, 0.1) is 0 Å². The van der Waals surface area contributed by atoms with E-state index in [4.69, 9.17) is 0 Å². The molecule has 0 radical (unpaired) electrons. The molecule has 1 aromatic heterocycles. The summed E-state index contributed by atoms with van der Waals surface area (Å²) in [6, 6.07) is 0.358. The fourth-order valence-electron chi connectivity index (χ4n) is 1.47. The lowest BCUT2D eigenvalue weighted by molar-refractivity contribution is 0.514. The van der Waals surface area contributed by atoms with Gasteiger partial charge in [-0.3, -0.25) is 0 Å². The number of nitrogens with one attached hydrogen (secondary N) is 1. The molecule has 0 aromatic carbocycles. The molecule has 0 amide bonds. The molecule has 0 saturated heterocycles. The highest BCUT2D eigenvalue weighted by Gasteiger charge is 2.14. The number of hydrogen-bond acceptors (Lipinski definition) is 4. The van der Waals surface area contributed by atoms with Crippen LogP contribution in [0.2, 0.25) is 0 Å². The number of hydrogen-bond donors (Lipinski definition) is 1. The van der Waals surface area contributed by atoms with Gasteiger partial charge in [-0.05, 0) is 19.2 Å². The summed E-state index contributed by atoms with van der Waals surface area (Å²) < 4.78 is 2.00. The van der Waals surface area contributed by atoms with Gasteiger partial charge in [0.1, 0.15) is 0 Å². The molecule has 0 saturated carbocycles. The molecule has 4 nitrogen and oxygen atoms in total. The van der Waals surface area contributed by atoms with Crippen LogP contribution in [0.5, 0.6) is 0 Å². The van der Waals surface area contributed by atoms with Crippen LogP contribution < -0.4 is 5.32 Å². The van der Waals surface area contributed by atoms with Crippen LogP contribution in [-0.4, -0.2) is 33.5 Å². The van der Waals surface area contributed by atoms with E-state index in [1.165, 1.54) is 5.69 Å². The molecule has 15 heavy (non-hydrogen) atoms. The summed E-state index contributed by atoms with van der Waals surface area (Å²) in [4.78, 5) is 0. The van der Waals surface area contributed by atoms with E-state index in [0.29, 0.717) is 6.04 Å². The van der Waals surface area contributed by atoms with Crippen molar-refractivity contribution in [2.24, 2.45) is 0 Å². The van der Waals surface area contributed by atoms with Gasteiger partial charge < -0.3 is 5.32 Å². The van der Waals surface area contributed by atoms with Gasteiger partial charge in [0.2, 0.25) is 0 Å². The number of nitrogens with zero attached hydrogens (tertiary/aromatic N) is 3. The molecule has 1 aromatic rings. The highest BCUT2D eigenvalue weighted by Crippen LogP contribution is 2.16. The minimum absolute atomic E-state index is 0.358. The second-order valence-electron chi connectivity index (χ2n) is 3.38. The van der Waals surface area contributed by atoms with Gasteiger partial charge in [0.05, 0.1) is 17.9 Å². The second-order valence-corrected chi connectivity index (χ2v) is 4.70. The van der Waals surface area contributed by atoms with Crippen molar-refractivity contribution in [2.75, 3.05) is 18.6 Å². The third kappa shape index (κ3) is 3.50. The quantitative estimate of drug-likeness (QED) is 0.771. The maximum Gasteiger partial charge on any atom is 0.0764 e. The largest absolute Gasteiger partial charge is 0.311 e. The van der Waals surface area contributed by atoms with Crippen molar-refractivity contribution < 1.29 is 0 Å². The lowest BCUT2D eigenvalue weighted by atomic mass is 10.2. The summed E-state index contributed by atoms with van der Waals surface area (Å²) in [6.45, 7) is 5.28. The SMILES string of the molecule is CCCn1nncc1C(CSCC)NC. The van der Waals surface area contributed by atoms with Gasteiger partial charge in [0.25, 0.3) is 0 Å². The molecule has 1 atom stereocenters. The molecule has 86 valence electrons. The van der Waals surface area contributed by atoms with E-state index in [0.717, 1.165) is 24.5 Å². The van der Waals surface area contributed by atoms with E-state index in [-0.39, 0.29) is 0 Å². The fourth-order valence-corrected chi connectivity index (χ4v) is 2.28. The topological polar surface area (TPSA) is 42.7 Å². The summed E-state index contributed by atoms with van der Waals surface area (Å²) >= 11 is 1.93. The Balaban J connectivity index is 2.67. The number of aromatic nitrogens is 3. The molecule has 0 fully saturated rings. The van der Waals surface area contributed by atoms with Crippen LogP contribution >= 0.6 is 11.8 Å². The van der Waals surface area contributed by atoms with Crippen LogP contribution in [0.1, 0.15) is 32.0 Å². The minimum atomic E-state index is 0.358. The van der Waals surface area contributed by atoms with Crippen molar-refractivity contribution in [1.29, 1.82) is 0 Å². The van der Waals surface area contributed by atoms with Gasteiger partial charge in [-0.25, -0.2) is 4.68 Å². The Bertz CT molecular complexity index is 274. The second kappa shape index (κ2) is 6.85. The van der Waals surface area contributed by atoms with Gasteiger partial charge in [0.15, 0.2) is 0 Å². The predicted molar refractivity (Wildman–Crippen MR) is 65.1 cm³/mol. The van der Waals surface area contributed by atoms with Gasteiger partial charge in [0, 0.05) is 12.3 Å². The lowest BCUT2D eigenvalue weighted by Crippen LogP contribution is -2.22. The Labute approximate surface area is 95.8 Å². The molecule has 0 bridgehead atoms. The van der Waals surface area contributed by atoms with E-state index >= 15 is 0 Å². The normalized spacial score (nSPS) is 13.0. The lowest BCUT2D eigenvalue weighted by Gasteiger charge is -2.16. The van der Waals surface area contributed by atoms with Crippen LogP contribution in [0.3, 0.4) is 0 Å². The molecule has 0 aliphatic rings. The van der Waals surface area contributed by atoms with Crippen LogP contribution in [-0.2, 0) is 6.54 Å². The Hall–Kier alpha value is -0.550. The summed E-state index contributed by atoms with van der Waals surface area (Å²) in [5.41, 5.74) is 1.19. The van der Waals surface area contributed by atoms with Crippen molar-refractivity contribution >= 4 is 11.8 Å².